The van der Waals surface area contributed by atoms with Gasteiger partial charge < -0.3 is 10.6 Å². The summed E-state index contributed by atoms with van der Waals surface area (Å²) in [5.41, 5.74) is 5.39. The van der Waals surface area contributed by atoms with Gasteiger partial charge in [0.2, 0.25) is 0 Å². The number of fused-ring (bicyclic) bond motifs is 2. The first kappa shape index (κ1) is 15.2. The molecule has 2 N–H and O–H groups in total. The lowest BCUT2D eigenvalue weighted by Crippen LogP contribution is -2.27. The SMILES string of the molecule is Cc1nsc2ncc(C(=O)NCc3cccc4c3CCNC4)cc12. The lowest BCUT2D eigenvalue weighted by molar-refractivity contribution is 0.0950. The van der Waals surface area contributed by atoms with Crippen molar-refractivity contribution in [1.82, 2.24) is 20.0 Å². The molecule has 1 aromatic carbocycles. The van der Waals surface area contributed by atoms with Gasteiger partial charge in [-0.2, -0.15) is 4.37 Å². The number of carbonyl (C=O) groups is 1. The van der Waals surface area contributed by atoms with Crippen LogP contribution in [0.2, 0.25) is 0 Å². The number of benzene rings is 1. The van der Waals surface area contributed by atoms with Gasteiger partial charge in [-0.1, -0.05) is 18.2 Å². The van der Waals surface area contributed by atoms with Gasteiger partial charge in [-0.05, 0) is 54.2 Å². The fourth-order valence-corrected chi connectivity index (χ4v) is 3.85. The van der Waals surface area contributed by atoms with Gasteiger partial charge >= 0.3 is 0 Å². The minimum Gasteiger partial charge on any atom is -0.348 e. The average Bonchev–Trinajstić information content (AvgIpc) is 3.00. The number of nitrogens with zero attached hydrogens (tertiary/aromatic N) is 2. The number of hydrogen-bond donors (Lipinski definition) is 2. The summed E-state index contributed by atoms with van der Waals surface area (Å²) >= 11 is 1.36. The maximum atomic E-state index is 12.5. The standard InChI is InChI=1S/C18H18N4OS/c1-11-16-7-14(10-21-18(16)24-22-11)17(23)20-9-13-4-2-3-12-8-19-6-5-15(12)13/h2-4,7,10,19H,5-6,8-9H2,1H3,(H,20,23). The van der Waals surface area contributed by atoms with E-state index in [9.17, 15) is 4.79 Å². The second-order valence-electron chi connectivity index (χ2n) is 6.01. The Morgan fingerprint density at radius 2 is 2.33 bits per heavy atom. The molecule has 0 atom stereocenters. The first-order valence-electron chi connectivity index (χ1n) is 8.03. The number of hydrogen-bond acceptors (Lipinski definition) is 5. The Hall–Kier alpha value is -2.31. The highest BCUT2D eigenvalue weighted by Crippen LogP contribution is 2.21. The smallest absolute Gasteiger partial charge is 0.253 e. The van der Waals surface area contributed by atoms with Crippen LogP contribution >= 0.6 is 11.5 Å². The number of aromatic nitrogens is 2. The maximum Gasteiger partial charge on any atom is 0.253 e. The second kappa shape index (κ2) is 6.30. The normalized spacial score (nSPS) is 13.7. The third kappa shape index (κ3) is 2.79. The fraction of sp³-hybridized carbons (Fsp3) is 0.278. The average molecular weight is 338 g/mol. The molecule has 1 amide bonds. The van der Waals surface area contributed by atoms with E-state index in [1.165, 1.54) is 28.2 Å². The monoisotopic (exact) mass is 338 g/mol. The quantitative estimate of drug-likeness (QED) is 0.770. The van der Waals surface area contributed by atoms with Crippen molar-refractivity contribution in [2.45, 2.75) is 26.4 Å². The number of aryl methyl sites for hydroxylation is 1. The summed E-state index contributed by atoms with van der Waals surface area (Å²) in [5, 5.41) is 7.36. The van der Waals surface area contributed by atoms with Crippen molar-refractivity contribution in [3.05, 3.63) is 58.4 Å². The van der Waals surface area contributed by atoms with E-state index in [1.807, 2.05) is 13.0 Å². The zero-order chi connectivity index (χ0) is 16.5. The predicted octanol–water partition coefficient (Wildman–Crippen LogP) is 2.58. The van der Waals surface area contributed by atoms with E-state index in [0.717, 1.165) is 35.4 Å². The molecule has 0 saturated carbocycles. The molecule has 2 aromatic heterocycles. The molecule has 122 valence electrons. The predicted molar refractivity (Wildman–Crippen MR) is 95.2 cm³/mol. The third-order valence-corrected chi connectivity index (χ3v) is 5.31. The van der Waals surface area contributed by atoms with E-state index < -0.39 is 0 Å². The van der Waals surface area contributed by atoms with Crippen molar-refractivity contribution in [3.8, 4) is 0 Å². The van der Waals surface area contributed by atoms with E-state index in [0.29, 0.717) is 12.1 Å². The van der Waals surface area contributed by atoms with E-state index in [1.54, 1.807) is 6.20 Å². The highest BCUT2D eigenvalue weighted by Gasteiger charge is 2.14. The van der Waals surface area contributed by atoms with Crippen molar-refractivity contribution in [2.75, 3.05) is 6.54 Å². The summed E-state index contributed by atoms with van der Waals surface area (Å²) < 4.78 is 4.28. The molecule has 3 aromatic rings. The number of nitrogens with one attached hydrogen (secondary N) is 2. The van der Waals surface area contributed by atoms with Crippen molar-refractivity contribution < 1.29 is 4.79 Å². The van der Waals surface area contributed by atoms with E-state index in [2.05, 4.69) is 38.2 Å². The van der Waals surface area contributed by atoms with Gasteiger partial charge in [0.05, 0.1) is 11.3 Å². The summed E-state index contributed by atoms with van der Waals surface area (Å²) in [6.07, 6.45) is 2.63. The van der Waals surface area contributed by atoms with Crippen molar-refractivity contribution in [2.24, 2.45) is 0 Å². The van der Waals surface area contributed by atoms with Crippen molar-refractivity contribution >= 4 is 27.7 Å². The Kier molecular flexibility index (Phi) is 4.00. The first-order valence-corrected chi connectivity index (χ1v) is 8.80. The topological polar surface area (TPSA) is 66.9 Å². The Balaban J connectivity index is 1.53. The molecule has 5 nitrogen and oxygen atoms in total. The van der Waals surface area contributed by atoms with Crippen LogP contribution in [-0.2, 0) is 19.5 Å². The van der Waals surface area contributed by atoms with Crippen LogP contribution in [0.3, 0.4) is 0 Å². The lowest BCUT2D eigenvalue weighted by Gasteiger charge is -2.20. The van der Waals surface area contributed by atoms with Gasteiger partial charge in [-0.15, -0.1) is 0 Å². The molecule has 4 rings (SSSR count). The number of amides is 1. The second-order valence-corrected chi connectivity index (χ2v) is 6.76. The van der Waals surface area contributed by atoms with Gasteiger partial charge in [-0.25, -0.2) is 4.98 Å². The van der Waals surface area contributed by atoms with Crippen LogP contribution in [0.1, 0.15) is 32.7 Å². The van der Waals surface area contributed by atoms with E-state index in [-0.39, 0.29) is 5.91 Å². The summed E-state index contributed by atoms with van der Waals surface area (Å²) in [7, 11) is 0. The van der Waals surface area contributed by atoms with Crippen LogP contribution in [0, 0.1) is 6.92 Å². The molecule has 0 saturated heterocycles. The molecule has 0 bridgehead atoms. The number of rotatable bonds is 3. The van der Waals surface area contributed by atoms with Crippen LogP contribution in [0.25, 0.3) is 10.2 Å². The maximum absolute atomic E-state index is 12.5. The first-order chi connectivity index (χ1) is 11.7. The van der Waals surface area contributed by atoms with Crippen LogP contribution < -0.4 is 10.6 Å². The molecule has 1 aliphatic heterocycles. The molecule has 24 heavy (non-hydrogen) atoms. The van der Waals surface area contributed by atoms with E-state index in [4.69, 9.17) is 0 Å². The molecule has 0 aliphatic carbocycles. The van der Waals surface area contributed by atoms with Crippen LogP contribution in [0.4, 0.5) is 0 Å². The van der Waals surface area contributed by atoms with Gasteiger partial charge in [0.1, 0.15) is 4.83 Å². The Labute approximate surface area is 144 Å². The van der Waals surface area contributed by atoms with Gasteiger partial charge in [0.25, 0.3) is 5.91 Å². The number of carbonyl (C=O) groups excluding carboxylic acids is 1. The lowest BCUT2D eigenvalue weighted by atomic mass is 9.95. The van der Waals surface area contributed by atoms with Crippen molar-refractivity contribution in [3.63, 3.8) is 0 Å². The molecule has 0 spiro atoms. The molecule has 0 fully saturated rings. The van der Waals surface area contributed by atoms with Crippen LogP contribution in [0.5, 0.6) is 0 Å². The molecule has 3 heterocycles. The summed E-state index contributed by atoms with van der Waals surface area (Å²) in [6.45, 7) is 4.37. The largest absolute Gasteiger partial charge is 0.348 e. The Bertz CT molecular complexity index is 919. The Morgan fingerprint density at radius 1 is 1.42 bits per heavy atom. The minimum absolute atomic E-state index is 0.0958. The van der Waals surface area contributed by atoms with Crippen LogP contribution in [0.15, 0.2) is 30.5 Å². The fourth-order valence-electron chi connectivity index (χ4n) is 3.12. The van der Waals surface area contributed by atoms with Crippen molar-refractivity contribution in [1.29, 1.82) is 0 Å². The zero-order valence-electron chi connectivity index (χ0n) is 13.4. The molecule has 0 unspecified atom stereocenters. The van der Waals surface area contributed by atoms with Gasteiger partial charge in [-0.3, -0.25) is 4.79 Å². The molecular weight excluding hydrogens is 320 g/mol. The molecule has 0 radical (unpaired) electrons. The Morgan fingerprint density at radius 3 is 3.25 bits per heavy atom. The summed E-state index contributed by atoms with van der Waals surface area (Å²) in [5.74, 6) is -0.0958. The molecule has 6 heteroatoms. The minimum atomic E-state index is -0.0958. The highest BCUT2D eigenvalue weighted by atomic mass is 32.1. The highest BCUT2D eigenvalue weighted by molar-refractivity contribution is 7.12. The molecule has 1 aliphatic rings. The zero-order valence-corrected chi connectivity index (χ0v) is 14.2. The van der Waals surface area contributed by atoms with Gasteiger partial charge in [0.15, 0.2) is 0 Å². The molecular formula is C18H18N4OS. The van der Waals surface area contributed by atoms with Gasteiger partial charge in [0, 0.05) is 24.7 Å². The van der Waals surface area contributed by atoms with E-state index >= 15 is 0 Å². The number of pyridine rings is 1. The van der Waals surface area contributed by atoms with Crippen LogP contribution in [-0.4, -0.2) is 21.8 Å². The summed E-state index contributed by atoms with van der Waals surface area (Å²) in [6, 6.07) is 8.18. The third-order valence-electron chi connectivity index (χ3n) is 4.45. The summed E-state index contributed by atoms with van der Waals surface area (Å²) in [4.78, 5) is 17.7.